The van der Waals surface area contributed by atoms with Crippen LogP contribution in [0.2, 0.25) is 0 Å². The maximum Gasteiger partial charge on any atom is 0.332 e. The van der Waals surface area contributed by atoms with Crippen molar-refractivity contribution in [3.63, 3.8) is 0 Å². The van der Waals surface area contributed by atoms with Gasteiger partial charge in [-0.05, 0) is 19.4 Å². The molecule has 16 heavy (non-hydrogen) atoms. The minimum Gasteiger partial charge on any atom is -0.464 e. The number of hydrogen-bond donors (Lipinski definition) is 1. The molecule has 0 aliphatic heterocycles. The minimum absolute atomic E-state index is 0.0561. The van der Waals surface area contributed by atoms with E-state index in [-0.39, 0.29) is 12.6 Å². The lowest BCUT2D eigenvalue weighted by Crippen LogP contribution is -2.26. The van der Waals surface area contributed by atoms with Gasteiger partial charge in [-0.25, -0.2) is 4.79 Å². The first-order valence-corrected chi connectivity index (χ1v) is 6.18. The van der Waals surface area contributed by atoms with E-state index in [4.69, 9.17) is 9.47 Å². The summed E-state index contributed by atoms with van der Waals surface area (Å²) in [4.78, 5) is 10.9. The summed E-state index contributed by atoms with van der Waals surface area (Å²) in [7, 11) is 0. The molecule has 4 heteroatoms. The zero-order chi connectivity index (χ0) is 12.2. The molecule has 0 fully saturated rings. The minimum atomic E-state index is -0.289. The molecule has 0 aliphatic rings. The zero-order valence-electron chi connectivity index (χ0n) is 10.8. The summed E-state index contributed by atoms with van der Waals surface area (Å²) in [6, 6.07) is 0. The fraction of sp³-hybridized carbons (Fsp3) is 0.917. The van der Waals surface area contributed by atoms with E-state index in [0.717, 1.165) is 19.0 Å². The van der Waals surface area contributed by atoms with Crippen LogP contribution in [0.3, 0.4) is 0 Å². The third kappa shape index (κ3) is 8.68. The van der Waals surface area contributed by atoms with Crippen LogP contribution in [0.25, 0.3) is 0 Å². The maximum absolute atomic E-state index is 10.9. The first-order chi connectivity index (χ1) is 7.74. The van der Waals surface area contributed by atoms with Crippen molar-refractivity contribution in [3.05, 3.63) is 0 Å². The number of esters is 1. The van der Waals surface area contributed by atoms with Gasteiger partial charge in [-0.3, -0.25) is 0 Å². The van der Waals surface area contributed by atoms with Crippen LogP contribution in [0.5, 0.6) is 0 Å². The summed E-state index contributed by atoms with van der Waals surface area (Å²) in [5.41, 5.74) is 0. The smallest absolute Gasteiger partial charge is 0.332 e. The van der Waals surface area contributed by atoms with Gasteiger partial charge in [-0.15, -0.1) is 0 Å². The molecule has 0 bridgehead atoms. The van der Waals surface area contributed by atoms with Crippen LogP contribution >= 0.6 is 0 Å². The molecule has 0 saturated carbocycles. The van der Waals surface area contributed by atoms with Crippen molar-refractivity contribution in [2.24, 2.45) is 5.92 Å². The zero-order valence-corrected chi connectivity index (χ0v) is 10.8. The van der Waals surface area contributed by atoms with E-state index in [1.165, 1.54) is 12.8 Å². The first-order valence-electron chi connectivity index (χ1n) is 6.18. The number of hydrogen-bond acceptors (Lipinski definition) is 4. The Labute approximate surface area is 98.7 Å². The van der Waals surface area contributed by atoms with Gasteiger partial charge in [0.05, 0.1) is 13.2 Å². The van der Waals surface area contributed by atoms with Crippen LogP contribution < -0.4 is 5.32 Å². The number of ether oxygens (including phenoxy) is 2. The van der Waals surface area contributed by atoms with Crippen molar-refractivity contribution in [1.29, 1.82) is 0 Å². The molecule has 0 unspecified atom stereocenters. The van der Waals surface area contributed by atoms with E-state index in [1.807, 2.05) is 0 Å². The molecule has 0 aromatic carbocycles. The highest BCUT2D eigenvalue weighted by molar-refractivity contribution is 5.70. The number of nitrogens with one attached hydrogen (secondary N) is 1. The highest BCUT2D eigenvalue weighted by atomic mass is 16.6. The highest BCUT2D eigenvalue weighted by Gasteiger charge is 2.03. The standard InChI is InChI=1S/C12H25NO3/c1-4-11(5-2)9-13-7-8-15-10-12(14)16-6-3/h11,13H,4-10H2,1-3H3. The Kier molecular flexibility index (Phi) is 10.5. The fourth-order valence-electron chi connectivity index (χ4n) is 1.39. The largest absolute Gasteiger partial charge is 0.464 e. The number of carbonyl (C=O) groups excluding carboxylic acids is 1. The monoisotopic (exact) mass is 231 g/mol. The lowest BCUT2D eigenvalue weighted by atomic mass is 10.0. The lowest BCUT2D eigenvalue weighted by Gasteiger charge is -2.13. The second-order valence-corrected chi connectivity index (χ2v) is 3.74. The highest BCUT2D eigenvalue weighted by Crippen LogP contribution is 2.04. The molecular formula is C12H25NO3. The van der Waals surface area contributed by atoms with Gasteiger partial charge in [0.2, 0.25) is 0 Å². The molecule has 0 radical (unpaired) electrons. The molecule has 0 rings (SSSR count). The van der Waals surface area contributed by atoms with E-state index in [0.29, 0.717) is 13.2 Å². The molecule has 0 heterocycles. The molecule has 0 atom stereocenters. The molecule has 0 spiro atoms. The Hall–Kier alpha value is -0.610. The average Bonchev–Trinajstić information content (AvgIpc) is 2.29. The summed E-state index contributed by atoms with van der Waals surface area (Å²) in [6.45, 7) is 9.02. The Bertz CT molecular complexity index is 170. The summed E-state index contributed by atoms with van der Waals surface area (Å²) in [5.74, 6) is 0.451. The van der Waals surface area contributed by atoms with Gasteiger partial charge in [0, 0.05) is 6.54 Å². The quantitative estimate of drug-likeness (QED) is 0.458. The molecule has 0 amide bonds. The second kappa shape index (κ2) is 10.9. The molecule has 0 aromatic rings. The van der Waals surface area contributed by atoms with Crippen LogP contribution in [-0.2, 0) is 14.3 Å². The van der Waals surface area contributed by atoms with Gasteiger partial charge in [-0.2, -0.15) is 0 Å². The number of carbonyl (C=O) groups is 1. The van der Waals surface area contributed by atoms with Crippen molar-refractivity contribution in [2.75, 3.05) is 32.9 Å². The van der Waals surface area contributed by atoms with E-state index in [9.17, 15) is 4.79 Å². The summed E-state index contributed by atoms with van der Waals surface area (Å²) in [5, 5.41) is 3.32. The van der Waals surface area contributed by atoms with Crippen LogP contribution in [0.4, 0.5) is 0 Å². The Balaban J connectivity index is 3.24. The summed E-state index contributed by atoms with van der Waals surface area (Å²) in [6.07, 6.45) is 2.40. The van der Waals surface area contributed by atoms with Crippen molar-refractivity contribution in [1.82, 2.24) is 5.32 Å². The van der Waals surface area contributed by atoms with Gasteiger partial charge in [0.25, 0.3) is 0 Å². The van der Waals surface area contributed by atoms with Crippen molar-refractivity contribution in [3.8, 4) is 0 Å². The average molecular weight is 231 g/mol. The molecule has 0 aliphatic carbocycles. The maximum atomic E-state index is 10.9. The van der Waals surface area contributed by atoms with Gasteiger partial charge in [0.15, 0.2) is 0 Å². The molecule has 4 nitrogen and oxygen atoms in total. The predicted molar refractivity (Wildman–Crippen MR) is 64.4 cm³/mol. The van der Waals surface area contributed by atoms with Crippen molar-refractivity contribution in [2.45, 2.75) is 33.6 Å². The van der Waals surface area contributed by atoms with Crippen molar-refractivity contribution < 1.29 is 14.3 Å². The molecule has 0 saturated heterocycles. The van der Waals surface area contributed by atoms with E-state index >= 15 is 0 Å². The van der Waals surface area contributed by atoms with Crippen LogP contribution in [-0.4, -0.2) is 38.9 Å². The van der Waals surface area contributed by atoms with E-state index < -0.39 is 0 Å². The Morgan fingerprint density at radius 3 is 2.50 bits per heavy atom. The first kappa shape index (κ1) is 15.4. The Morgan fingerprint density at radius 2 is 1.94 bits per heavy atom. The normalized spacial score (nSPS) is 10.8. The van der Waals surface area contributed by atoms with E-state index in [2.05, 4.69) is 19.2 Å². The molecule has 96 valence electrons. The summed E-state index contributed by atoms with van der Waals surface area (Å²) >= 11 is 0. The van der Waals surface area contributed by atoms with Crippen LogP contribution in [0.15, 0.2) is 0 Å². The SMILES string of the molecule is CCOC(=O)COCCNCC(CC)CC. The third-order valence-electron chi connectivity index (χ3n) is 2.54. The number of rotatable bonds is 10. The summed E-state index contributed by atoms with van der Waals surface area (Å²) < 4.78 is 9.90. The molecule has 0 aromatic heterocycles. The topological polar surface area (TPSA) is 47.6 Å². The van der Waals surface area contributed by atoms with Crippen molar-refractivity contribution >= 4 is 5.97 Å². The van der Waals surface area contributed by atoms with Gasteiger partial charge in [0.1, 0.15) is 6.61 Å². The molecule has 1 N–H and O–H groups in total. The lowest BCUT2D eigenvalue weighted by molar-refractivity contribution is -0.148. The predicted octanol–water partition coefficient (Wildman–Crippen LogP) is 1.59. The second-order valence-electron chi connectivity index (χ2n) is 3.74. The third-order valence-corrected chi connectivity index (χ3v) is 2.54. The van der Waals surface area contributed by atoms with Gasteiger partial charge in [-0.1, -0.05) is 26.7 Å². The van der Waals surface area contributed by atoms with Gasteiger partial charge >= 0.3 is 5.97 Å². The van der Waals surface area contributed by atoms with Gasteiger partial charge < -0.3 is 14.8 Å². The fourth-order valence-corrected chi connectivity index (χ4v) is 1.39. The Morgan fingerprint density at radius 1 is 1.25 bits per heavy atom. The van der Waals surface area contributed by atoms with E-state index in [1.54, 1.807) is 6.92 Å². The molecular weight excluding hydrogens is 206 g/mol. The van der Waals surface area contributed by atoms with Crippen LogP contribution in [0.1, 0.15) is 33.6 Å². The van der Waals surface area contributed by atoms with Crippen LogP contribution in [0, 0.1) is 5.92 Å².